The molecule has 0 fully saturated rings. The van der Waals surface area contributed by atoms with Crippen molar-refractivity contribution in [2.24, 2.45) is 0 Å². The lowest BCUT2D eigenvalue weighted by Gasteiger charge is -2.01. The van der Waals surface area contributed by atoms with Crippen LogP contribution in [0.3, 0.4) is 0 Å². The van der Waals surface area contributed by atoms with E-state index >= 15 is 0 Å². The molecule has 1 aromatic heterocycles. The van der Waals surface area contributed by atoms with E-state index in [0.29, 0.717) is 18.0 Å². The Hall–Kier alpha value is -1.48. The maximum Gasteiger partial charge on any atom is 0.420 e. The van der Waals surface area contributed by atoms with Crippen LogP contribution in [0.2, 0.25) is 0 Å². The molecule has 1 heterocycles. The van der Waals surface area contributed by atoms with Gasteiger partial charge in [0, 0.05) is 5.88 Å². The third-order valence-corrected chi connectivity index (χ3v) is 2.52. The average Bonchev–Trinajstić information content (AvgIpc) is 2.55. The van der Waals surface area contributed by atoms with Gasteiger partial charge < -0.3 is 4.42 Å². The second-order valence-electron chi connectivity index (χ2n) is 3.31. The van der Waals surface area contributed by atoms with Crippen molar-refractivity contribution in [1.29, 1.82) is 0 Å². The molecule has 1 aromatic carbocycles. The molecular formula is C11H10ClNO2. The fourth-order valence-corrected chi connectivity index (χ4v) is 1.51. The van der Waals surface area contributed by atoms with Gasteiger partial charge in [-0.1, -0.05) is 18.7 Å². The van der Waals surface area contributed by atoms with Gasteiger partial charge in [0.1, 0.15) is 0 Å². The number of aromatic nitrogens is 1. The fourth-order valence-electron chi connectivity index (χ4n) is 1.43. The molecule has 15 heavy (non-hydrogen) atoms. The van der Waals surface area contributed by atoms with E-state index in [9.17, 15) is 4.79 Å². The van der Waals surface area contributed by atoms with E-state index in [-0.39, 0.29) is 5.76 Å². The van der Waals surface area contributed by atoms with Gasteiger partial charge in [-0.05, 0) is 17.7 Å². The minimum absolute atomic E-state index is 0.339. The van der Waals surface area contributed by atoms with Gasteiger partial charge in [-0.15, -0.1) is 11.6 Å². The van der Waals surface area contributed by atoms with E-state index in [2.05, 4.69) is 6.58 Å². The summed E-state index contributed by atoms with van der Waals surface area (Å²) in [7, 11) is 0. The van der Waals surface area contributed by atoms with Crippen LogP contribution >= 0.6 is 11.6 Å². The van der Waals surface area contributed by atoms with Crippen LogP contribution in [-0.2, 0) is 6.54 Å². The molecule has 0 bridgehead atoms. The number of fused-ring (bicyclic) bond motifs is 1. The number of hydrogen-bond acceptors (Lipinski definition) is 2. The number of alkyl halides is 1. The monoisotopic (exact) mass is 223 g/mol. The smallest absolute Gasteiger partial charge is 0.408 e. The van der Waals surface area contributed by atoms with Crippen LogP contribution in [0.15, 0.2) is 45.6 Å². The van der Waals surface area contributed by atoms with Crippen LogP contribution < -0.4 is 5.76 Å². The Morgan fingerprint density at radius 3 is 2.93 bits per heavy atom. The number of halogens is 1. The van der Waals surface area contributed by atoms with Gasteiger partial charge in [0.25, 0.3) is 0 Å². The van der Waals surface area contributed by atoms with E-state index in [1.165, 1.54) is 4.57 Å². The lowest BCUT2D eigenvalue weighted by Crippen LogP contribution is -2.15. The second kappa shape index (κ2) is 3.95. The van der Waals surface area contributed by atoms with Crippen molar-refractivity contribution in [1.82, 2.24) is 4.57 Å². The molecule has 0 radical (unpaired) electrons. The zero-order valence-corrected chi connectivity index (χ0v) is 8.83. The molecule has 4 heteroatoms. The van der Waals surface area contributed by atoms with Crippen LogP contribution in [0.25, 0.3) is 11.1 Å². The summed E-state index contributed by atoms with van der Waals surface area (Å²) in [6.07, 6.45) is 0. The topological polar surface area (TPSA) is 35.1 Å². The van der Waals surface area contributed by atoms with Crippen LogP contribution in [0, 0.1) is 0 Å². The lowest BCUT2D eigenvalue weighted by molar-refractivity contribution is 0.517. The second-order valence-corrected chi connectivity index (χ2v) is 3.57. The van der Waals surface area contributed by atoms with E-state index in [4.69, 9.17) is 16.0 Å². The van der Waals surface area contributed by atoms with Crippen molar-refractivity contribution < 1.29 is 4.42 Å². The van der Waals surface area contributed by atoms with E-state index in [1.807, 2.05) is 18.2 Å². The van der Waals surface area contributed by atoms with Crippen LogP contribution in [0.5, 0.6) is 0 Å². The van der Waals surface area contributed by atoms with Crippen LogP contribution in [0.4, 0.5) is 0 Å². The molecule has 0 N–H and O–H groups in total. The van der Waals surface area contributed by atoms with E-state index in [1.54, 1.807) is 6.07 Å². The first-order valence-corrected chi connectivity index (χ1v) is 5.07. The highest BCUT2D eigenvalue weighted by Crippen LogP contribution is 2.12. The zero-order valence-electron chi connectivity index (χ0n) is 8.07. The summed E-state index contributed by atoms with van der Waals surface area (Å²) in [6.45, 7) is 4.16. The van der Waals surface area contributed by atoms with Gasteiger partial charge in [0.15, 0.2) is 5.58 Å². The third-order valence-electron chi connectivity index (χ3n) is 2.14. The minimum atomic E-state index is -0.373. The summed E-state index contributed by atoms with van der Waals surface area (Å²) in [4.78, 5) is 11.5. The molecular weight excluding hydrogens is 214 g/mol. The Bertz CT molecular complexity index is 553. The SMILES string of the molecule is C=C(CCl)Cn1c(=O)oc2ccccc21. The van der Waals surface area contributed by atoms with E-state index in [0.717, 1.165) is 11.1 Å². The minimum Gasteiger partial charge on any atom is -0.408 e. The van der Waals surface area contributed by atoms with Crippen molar-refractivity contribution >= 4 is 22.7 Å². The molecule has 0 spiro atoms. The summed E-state index contributed by atoms with van der Waals surface area (Å²) in [6, 6.07) is 7.28. The Morgan fingerprint density at radius 2 is 2.20 bits per heavy atom. The molecule has 2 rings (SSSR count). The Kier molecular flexibility index (Phi) is 2.64. The molecule has 0 aliphatic heterocycles. The number of rotatable bonds is 3. The summed E-state index contributed by atoms with van der Waals surface area (Å²) >= 11 is 5.63. The maximum absolute atomic E-state index is 11.5. The quantitative estimate of drug-likeness (QED) is 0.592. The van der Waals surface area contributed by atoms with Gasteiger partial charge in [0.05, 0.1) is 12.1 Å². The summed E-state index contributed by atoms with van der Waals surface area (Å²) in [5.74, 6) is -0.0335. The van der Waals surface area contributed by atoms with Gasteiger partial charge in [-0.2, -0.15) is 0 Å². The van der Waals surface area contributed by atoms with Crippen molar-refractivity contribution in [3.05, 3.63) is 47.0 Å². The fraction of sp³-hybridized carbons (Fsp3) is 0.182. The molecule has 0 saturated heterocycles. The molecule has 0 atom stereocenters. The molecule has 0 saturated carbocycles. The first-order chi connectivity index (χ1) is 7.22. The Morgan fingerprint density at radius 1 is 1.47 bits per heavy atom. The van der Waals surface area contributed by atoms with Crippen molar-refractivity contribution in [2.45, 2.75) is 6.54 Å². The largest absolute Gasteiger partial charge is 0.420 e. The number of allylic oxidation sites excluding steroid dienone is 1. The predicted molar refractivity (Wildman–Crippen MR) is 60.3 cm³/mol. The lowest BCUT2D eigenvalue weighted by atomic mass is 10.3. The molecule has 0 unspecified atom stereocenters. The van der Waals surface area contributed by atoms with Crippen molar-refractivity contribution in [3.8, 4) is 0 Å². The molecule has 0 amide bonds. The predicted octanol–water partition coefficient (Wildman–Crippen LogP) is 2.39. The highest BCUT2D eigenvalue weighted by atomic mass is 35.5. The number of nitrogens with zero attached hydrogens (tertiary/aromatic N) is 1. The van der Waals surface area contributed by atoms with Crippen LogP contribution in [0.1, 0.15) is 0 Å². The summed E-state index contributed by atoms with van der Waals surface area (Å²) < 4.78 is 6.60. The Labute approximate surface area is 91.6 Å². The number of hydrogen-bond donors (Lipinski definition) is 0. The number of oxazole rings is 1. The highest BCUT2D eigenvalue weighted by molar-refractivity contribution is 6.19. The normalized spacial score (nSPS) is 10.7. The summed E-state index contributed by atoms with van der Waals surface area (Å²) in [5.41, 5.74) is 2.14. The van der Waals surface area contributed by atoms with Gasteiger partial charge in [-0.3, -0.25) is 4.57 Å². The van der Waals surface area contributed by atoms with E-state index < -0.39 is 0 Å². The molecule has 3 nitrogen and oxygen atoms in total. The van der Waals surface area contributed by atoms with Crippen molar-refractivity contribution in [3.63, 3.8) is 0 Å². The molecule has 78 valence electrons. The summed E-state index contributed by atoms with van der Waals surface area (Å²) in [5, 5.41) is 0. The third kappa shape index (κ3) is 1.83. The first-order valence-electron chi connectivity index (χ1n) is 4.53. The molecule has 0 aliphatic carbocycles. The van der Waals surface area contributed by atoms with Crippen LogP contribution in [-0.4, -0.2) is 10.4 Å². The highest BCUT2D eigenvalue weighted by Gasteiger charge is 2.08. The molecule has 0 aliphatic rings. The zero-order chi connectivity index (χ0) is 10.8. The Balaban J connectivity index is 2.54. The van der Waals surface area contributed by atoms with Gasteiger partial charge in [0.2, 0.25) is 0 Å². The number of para-hydroxylation sites is 2. The standard InChI is InChI=1S/C11H10ClNO2/c1-8(6-12)7-13-9-4-2-3-5-10(9)15-11(13)14/h2-5H,1,6-7H2. The maximum atomic E-state index is 11.5. The average molecular weight is 224 g/mol. The molecule has 2 aromatic rings. The number of benzene rings is 1. The van der Waals surface area contributed by atoms with Crippen molar-refractivity contribution in [2.75, 3.05) is 5.88 Å². The first kappa shape index (κ1) is 10.1. The van der Waals surface area contributed by atoms with Gasteiger partial charge >= 0.3 is 5.76 Å². The van der Waals surface area contributed by atoms with Gasteiger partial charge in [-0.25, -0.2) is 4.79 Å².